The molecule has 0 amide bonds. The van der Waals surface area contributed by atoms with Crippen LogP contribution in [-0.2, 0) is 20.1 Å². The Kier molecular flexibility index (Phi) is 4.98. The molecule has 114 valence electrons. The zero-order valence-corrected chi connectivity index (χ0v) is 13.0. The van der Waals surface area contributed by atoms with E-state index in [1.807, 2.05) is 13.0 Å². The number of rotatable bonds is 6. The molecule has 0 radical (unpaired) electrons. The molecule has 8 heteroatoms. The van der Waals surface area contributed by atoms with Crippen molar-refractivity contribution in [1.29, 1.82) is 0 Å². The van der Waals surface area contributed by atoms with E-state index in [1.54, 1.807) is 20.2 Å². The minimum Gasteiger partial charge on any atom is -0.493 e. The lowest BCUT2D eigenvalue weighted by molar-refractivity contribution is 0.272. The fourth-order valence-corrected chi connectivity index (χ4v) is 2.19. The standard InChI is InChI=1S/C13H18ClN5O2/c1-8(15)4-9-5-10(14)6-11(20-3)13(9)21-7-12-16-18-19(2)17-12/h5-6,8H,4,7,15H2,1-3H3. The second-order valence-corrected chi connectivity index (χ2v) is 5.20. The lowest BCUT2D eigenvalue weighted by Gasteiger charge is -2.16. The summed E-state index contributed by atoms with van der Waals surface area (Å²) in [7, 11) is 3.26. The summed E-state index contributed by atoms with van der Waals surface area (Å²) in [6.07, 6.45) is 0.625. The van der Waals surface area contributed by atoms with Gasteiger partial charge in [0.15, 0.2) is 18.1 Å². The van der Waals surface area contributed by atoms with Crippen LogP contribution in [-0.4, -0.2) is 33.4 Å². The maximum Gasteiger partial charge on any atom is 0.212 e. The van der Waals surface area contributed by atoms with Crippen LogP contribution in [0.2, 0.25) is 5.02 Å². The molecule has 1 aromatic heterocycles. The van der Waals surface area contributed by atoms with E-state index in [9.17, 15) is 0 Å². The number of nitrogens with zero attached hydrogens (tertiary/aromatic N) is 4. The number of nitrogens with two attached hydrogens (primary N) is 1. The van der Waals surface area contributed by atoms with Crippen molar-refractivity contribution in [3.05, 3.63) is 28.5 Å². The topological polar surface area (TPSA) is 88.1 Å². The van der Waals surface area contributed by atoms with Crippen LogP contribution in [0.25, 0.3) is 0 Å². The van der Waals surface area contributed by atoms with E-state index in [2.05, 4.69) is 15.4 Å². The van der Waals surface area contributed by atoms with Gasteiger partial charge in [-0.1, -0.05) is 11.6 Å². The third-order valence-electron chi connectivity index (χ3n) is 2.75. The first-order chi connectivity index (χ1) is 9.99. The number of ether oxygens (including phenoxy) is 2. The first kappa shape index (κ1) is 15.5. The van der Waals surface area contributed by atoms with E-state index < -0.39 is 0 Å². The molecule has 1 aromatic carbocycles. The Morgan fingerprint density at radius 2 is 2.19 bits per heavy atom. The molecule has 1 atom stereocenters. The van der Waals surface area contributed by atoms with Gasteiger partial charge in [0.05, 0.1) is 14.2 Å². The number of methoxy groups -OCH3 is 1. The van der Waals surface area contributed by atoms with Gasteiger partial charge in [0.2, 0.25) is 5.82 Å². The van der Waals surface area contributed by atoms with Crippen LogP contribution in [0.4, 0.5) is 0 Å². The molecular weight excluding hydrogens is 294 g/mol. The molecular formula is C13H18ClN5O2. The Balaban J connectivity index is 2.26. The normalized spacial score (nSPS) is 12.2. The molecule has 2 rings (SSSR count). The van der Waals surface area contributed by atoms with E-state index in [4.69, 9.17) is 26.8 Å². The molecule has 0 fully saturated rings. The zero-order chi connectivity index (χ0) is 15.4. The first-order valence-electron chi connectivity index (χ1n) is 6.47. The lowest BCUT2D eigenvalue weighted by Crippen LogP contribution is -2.18. The van der Waals surface area contributed by atoms with Gasteiger partial charge < -0.3 is 15.2 Å². The summed E-state index contributed by atoms with van der Waals surface area (Å²) in [5, 5.41) is 12.3. The summed E-state index contributed by atoms with van der Waals surface area (Å²) in [6.45, 7) is 2.11. The van der Waals surface area contributed by atoms with Crippen LogP contribution >= 0.6 is 11.6 Å². The first-order valence-corrected chi connectivity index (χ1v) is 6.85. The Morgan fingerprint density at radius 3 is 2.76 bits per heavy atom. The molecule has 0 saturated carbocycles. The fraction of sp³-hybridized carbons (Fsp3) is 0.462. The molecule has 1 unspecified atom stereocenters. The quantitative estimate of drug-likeness (QED) is 0.866. The molecule has 7 nitrogen and oxygen atoms in total. The predicted molar refractivity (Wildman–Crippen MR) is 78.5 cm³/mol. The molecule has 2 N–H and O–H groups in total. The summed E-state index contributed by atoms with van der Waals surface area (Å²) in [5.74, 6) is 1.65. The minimum atomic E-state index is -0.0230. The van der Waals surface area contributed by atoms with Crippen LogP contribution in [0.1, 0.15) is 18.3 Å². The molecule has 0 aliphatic rings. The van der Waals surface area contributed by atoms with Crippen molar-refractivity contribution in [1.82, 2.24) is 20.2 Å². The number of aromatic nitrogens is 4. The number of hydrogen-bond acceptors (Lipinski definition) is 6. The van der Waals surface area contributed by atoms with E-state index in [-0.39, 0.29) is 12.6 Å². The lowest BCUT2D eigenvalue weighted by atomic mass is 10.1. The van der Waals surface area contributed by atoms with Gasteiger partial charge in [0.1, 0.15) is 0 Å². The summed E-state index contributed by atoms with van der Waals surface area (Å²) < 4.78 is 11.1. The van der Waals surface area contributed by atoms with E-state index in [0.29, 0.717) is 28.8 Å². The SMILES string of the molecule is COc1cc(Cl)cc(CC(C)N)c1OCc1nnn(C)n1. The highest BCUT2D eigenvalue weighted by Crippen LogP contribution is 2.35. The Bertz CT molecular complexity index is 615. The summed E-state index contributed by atoms with van der Waals surface area (Å²) >= 11 is 6.09. The molecule has 2 aromatic rings. The van der Waals surface area contributed by atoms with Crippen molar-refractivity contribution >= 4 is 11.6 Å². The van der Waals surface area contributed by atoms with E-state index >= 15 is 0 Å². The highest BCUT2D eigenvalue weighted by molar-refractivity contribution is 6.30. The van der Waals surface area contributed by atoms with Gasteiger partial charge in [-0.25, -0.2) is 0 Å². The van der Waals surface area contributed by atoms with Gasteiger partial charge >= 0.3 is 0 Å². The van der Waals surface area contributed by atoms with Crippen molar-refractivity contribution in [2.75, 3.05) is 7.11 Å². The molecule has 0 bridgehead atoms. The second kappa shape index (κ2) is 6.73. The van der Waals surface area contributed by atoms with Crippen molar-refractivity contribution in [3.63, 3.8) is 0 Å². The summed E-state index contributed by atoms with van der Waals surface area (Å²) in [5.41, 5.74) is 6.76. The second-order valence-electron chi connectivity index (χ2n) is 4.76. The van der Waals surface area contributed by atoms with Crippen molar-refractivity contribution in [2.45, 2.75) is 26.0 Å². The van der Waals surface area contributed by atoms with E-state index in [0.717, 1.165) is 5.56 Å². The molecule has 0 aliphatic heterocycles. The molecule has 0 saturated heterocycles. The van der Waals surface area contributed by atoms with Gasteiger partial charge in [-0.05, 0) is 24.6 Å². The smallest absolute Gasteiger partial charge is 0.212 e. The van der Waals surface area contributed by atoms with Crippen LogP contribution in [0.15, 0.2) is 12.1 Å². The molecule has 0 aliphatic carbocycles. The van der Waals surface area contributed by atoms with Gasteiger partial charge in [0, 0.05) is 22.7 Å². The number of tetrazole rings is 1. The van der Waals surface area contributed by atoms with Gasteiger partial charge in [0.25, 0.3) is 0 Å². The van der Waals surface area contributed by atoms with Gasteiger partial charge in [-0.2, -0.15) is 4.80 Å². The van der Waals surface area contributed by atoms with Crippen LogP contribution in [0.5, 0.6) is 11.5 Å². The summed E-state index contributed by atoms with van der Waals surface area (Å²) in [6, 6.07) is 3.50. The number of hydrogen-bond donors (Lipinski definition) is 1. The average molecular weight is 312 g/mol. The maximum absolute atomic E-state index is 6.09. The van der Waals surface area contributed by atoms with Gasteiger partial charge in [-0.3, -0.25) is 0 Å². The van der Waals surface area contributed by atoms with Crippen LogP contribution in [0, 0.1) is 0 Å². The minimum absolute atomic E-state index is 0.0230. The van der Waals surface area contributed by atoms with Crippen LogP contribution in [0.3, 0.4) is 0 Å². The zero-order valence-electron chi connectivity index (χ0n) is 12.2. The van der Waals surface area contributed by atoms with Crippen molar-refractivity contribution < 1.29 is 9.47 Å². The Labute approximate surface area is 128 Å². The van der Waals surface area contributed by atoms with Crippen LogP contribution < -0.4 is 15.2 Å². The number of aryl methyl sites for hydroxylation is 1. The fourth-order valence-electron chi connectivity index (χ4n) is 1.95. The predicted octanol–water partition coefficient (Wildman–Crippen LogP) is 1.34. The summed E-state index contributed by atoms with van der Waals surface area (Å²) in [4.78, 5) is 1.38. The van der Waals surface area contributed by atoms with Gasteiger partial charge in [-0.15, -0.1) is 10.2 Å². The average Bonchev–Trinajstić information content (AvgIpc) is 2.82. The molecule has 21 heavy (non-hydrogen) atoms. The monoisotopic (exact) mass is 311 g/mol. The Hall–Kier alpha value is -1.86. The van der Waals surface area contributed by atoms with Crippen molar-refractivity contribution in [2.24, 2.45) is 12.8 Å². The largest absolute Gasteiger partial charge is 0.493 e. The number of halogens is 1. The third kappa shape index (κ3) is 4.05. The Morgan fingerprint density at radius 1 is 1.43 bits per heavy atom. The maximum atomic E-state index is 6.09. The molecule has 1 heterocycles. The highest BCUT2D eigenvalue weighted by atomic mass is 35.5. The third-order valence-corrected chi connectivity index (χ3v) is 2.97. The van der Waals surface area contributed by atoms with Crippen molar-refractivity contribution in [3.8, 4) is 11.5 Å². The van der Waals surface area contributed by atoms with E-state index in [1.165, 1.54) is 4.80 Å². The highest BCUT2D eigenvalue weighted by Gasteiger charge is 2.15. The molecule has 0 spiro atoms. The number of benzene rings is 1.